The van der Waals surface area contributed by atoms with E-state index in [-0.39, 0.29) is 30.0 Å². The van der Waals surface area contributed by atoms with Gasteiger partial charge < -0.3 is 14.2 Å². The zero-order chi connectivity index (χ0) is 12.7. The van der Waals surface area contributed by atoms with Gasteiger partial charge in [-0.25, -0.2) is 0 Å². The van der Waals surface area contributed by atoms with E-state index in [2.05, 4.69) is 20.8 Å². The van der Waals surface area contributed by atoms with Crippen LogP contribution in [0.1, 0.15) is 34.1 Å². The fourth-order valence-corrected chi connectivity index (χ4v) is 2.76. The van der Waals surface area contributed by atoms with Crippen molar-refractivity contribution in [2.24, 2.45) is 11.3 Å². The highest BCUT2D eigenvalue weighted by Gasteiger charge is 2.65. The van der Waals surface area contributed by atoms with Gasteiger partial charge >= 0.3 is 0 Å². The molecule has 0 radical (unpaired) electrons. The average molecular weight is 242 g/mol. The average Bonchev–Trinajstić information content (AvgIpc) is 2.51. The summed E-state index contributed by atoms with van der Waals surface area (Å²) in [5.41, 5.74) is -0.443. The van der Waals surface area contributed by atoms with Gasteiger partial charge in [-0.15, -0.1) is 0 Å². The summed E-state index contributed by atoms with van der Waals surface area (Å²) in [6.07, 6.45) is 0.433. The first kappa shape index (κ1) is 13.0. The van der Waals surface area contributed by atoms with Crippen molar-refractivity contribution in [3.8, 4) is 0 Å². The van der Waals surface area contributed by atoms with Crippen molar-refractivity contribution in [2.45, 2.75) is 45.8 Å². The molecular formula is C13H22O4. The van der Waals surface area contributed by atoms with Crippen molar-refractivity contribution < 1.29 is 19.0 Å². The second kappa shape index (κ2) is 4.34. The second-order valence-corrected chi connectivity index (χ2v) is 6.04. The Morgan fingerprint density at radius 3 is 2.71 bits per heavy atom. The van der Waals surface area contributed by atoms with Crippen LogP contribution in [0, 0.1) is 11.3 Å². The summed E-state index contributed by atoms with van der Waals surface area (Å²) in [6, 6.07) is 0. The minimum absolute atomic E-state index is 0.0303. The Morgan fingerprint density at radius 1 is 1.47 bits per heavy atom. The Hall–Kier alpha value is -0.450. The summed E-state index contributed by atoms with van der Waals surface area (Å²) in [5, 5.41) is 0. The van der Waals surface area contributed by atoms with Gasteiger partial charge in [0.1, 0.15) is 18.2 Å². The third-order valence-corrected chi connectivity index (χ3v) is 3.68. The van der Waals surface area contributed by atoms with Crippen LogP contribution in [0.15, 0.2) is 0 Å². The van der Waals surface area contributed by atoms with Gasteiger partial charge in [-0.3, -0.25) is 4.79 Å². The number of carbonyl (C=O) groups is 1. The molecule has 17 heavy (non-hydrogen) atoms. The summed E-state index contributed by atoms with van der Waals surface area (Å²) >= 11 is 0. The molecule has 0 amide bonds. The third-order valence-electron chi connectivity index (χ3n) is 3.68. The molecule has 0 bridgehead atoms. The van der Waals surface area contributed by atoms with Gasteiger partial charge in [0.25, 0.3) is 0 Å². The smallest absolute Gasteiger partial charge is 0.147 e. The van der Waals surface area contributed by atoms with E-state index in [1.807, 2.05) is 6.92 Å². The monoisotopic (exact) mass is 242 g/mol. The van der Waals surface area contributed by atoms with Crippen molar-refractivity contribution in [1.29, 1.82) is 0 Å². The maximum Gasteiger partial charge on any atom is 0.147 e. The molecule has 4 heteroatoms. The standard InChI is InChI=1S/C13H22O4/c1-5-15-8-17-13-6-9(14)10(13)11(16-7-13)12(2,3)4/h10-11H,5-8H2,1-4H3/t10-,11-,13-/m0/s1. The van der Waals surface area contributed by atoms with Gasteiger partial charge in [-0.1, -0.05) is 20.8 Å². The van der Waals surface area contributed by atoms with Gasteiger partial charge in [0.2, 0.25) is 0 Å². The Balaban J connectivity index is 2.04. The van der Waals surface area contributed by atoms with Crippen LogP contribution in [-0.2, 0) is 19.0 Å². The zero-order valence-corrected chi connectivity index (χ0v) is 11.1. The number of ether oxygens (including phenoxy) is 3. The lowest BCUT2D eigenvalue weighted by Gasteiger charge is -2.44. The van der Waals surface area contributed by atoms with E-state index >= 15 is 0 Å². The van der Waals surface area contributed by atoms with Crippen molar-refractivity contribution >= 4 is 5.78 Å². The molecule has 3 atom stereocenters. The fourth-order valence-electron chi connectivity index (χ4n) is 2.76. The summed E-state index contributed by atoms with van der Waals surface area (Å²) in [7, 11) is 0. The van der Waals surface area contributed by atoms with Gasteiger partial charge in [-0.05, 0) is 12.3 Å². The molecule has 0 N–H and O–H groups in total. The largest absolute Gasteiger partial charge is 0.374 e. The molecule has 1 saturated heterocycles. The number of hydrogen-bond donors (Lipinski definition) is 0. The molecule has 0 aromatic rings. The van der Waals surface area contributed by atoms with Crippen molar-refractivity contribution in [3.05, 3.63) is 0 Å². The molecule has 0 spiro atoms. The number of fused-ring (bicyclic) bond motifs is 1. The van der Waals surface area contributed by atoms with Gasteiger partial charge in [0, 0.05) is 13.0 Å². The Bertz CT molecular complexity index is 307. The van der Waals surface area contributed by atoms with Gasteiger partial charge in [-0.2, -0.15) is 0 Å². The molecule has 0 unspecified atom stereocenters. The van der Waals surface area contributed by atoms with Crippen molar-refractivity contribution in [2.75, 3.05) is 20.0 Å². The first-order chi connectivity index (χ1) is 7.91. The highest BCUT2D eigenvalue weighted by molar-refractivity contribution is 5.91. The predicted molar refractivity (Wildman–Crippen MR) is 62.6 cm³/mol. The first-order valence-electron chi connectivity index (χ1n) is 6.27. The summed E-state index contributed by atoms with van der Waals surface area (Å²) in [6.45, 7) is 9.61. The van der Waals surface area contributed by atoms with Crippen LogP contribution < -0.4 is 0 Å². The van der Waals surface area contributed by atoms with E-state index in [4.69, 9.17) is 14.2 Å². The molecule has 1 aliphatic carbocycles. The van der Waals surface area contributed by atoms with Crippen LogP contribution in [-0.4, -0.2) is 37.5 Å². The summed E-state index contributed by atoms with van der Waals surface area (Å²) in [4.78, 5) is 11.8. The minimum Gasteiger partial charge on any atom is -0.374 e. The van der Waals surface area contributed by atoms with E-state index in [9.17, 15) is 4.79 Å². The molecule has 98 valence electrons. The molecule has 2 fully saturated rings. The first-order valence-corrected chi connectivity index (χ1v) is 6.27. The molecule has 2 aliphatic rings. The van der Waals surface area contributed by atoms with Crippen molar-refractivity contribution in [1.82, 2.24) is 0 Å². The number of Topliss-reactive ketones (excluding diaryl/α,β-unsaturated/α-hetero) is 1. The van der Waals surface area contributed by atoms with Crippen LogP contribution in [0.2, 0.25) is 0 Å². The molecule has 1 aliphatic heterocycles. The van der Waals surface area contributed by atoms with E-state index < -0.39 is 5.60 Å². The van der Waals surface area contributed by atoms with E-state index in [0.717, 1.165) is 0 Å². The lowest BCUT2D eigenvalue weighted by molar-refractivity contribution is -0.192. The van der Waals surface area contributed by atoms with Crippen LogP contribution in [0.5, 0.6) is 0 Å². The molecule has 2 rings (SSSR count). The quantitative estimate of drug-likeness (QED) is 0.556. The van der Waals surface area contributed by atoms with Crippen LogP contribution in [0.25, 0.3) is 0 Å². The predicted octanol–water partition coefficient (Wildman–Crippen LogP) is 1.77. The Labute approximate surface area is 103 Å². The number of hydrogen-bond acceptors (Lipinski definition) is 4. The van der Waals surface area contributed by atoms with E-state index in [0.29, 0.717) is 19.6 Å². The summed E-state index contributed by atoms with van der Waals surface area (Å²) in [5.74, 6) is 0.155. The normalized spacial score (nSPS) is 36.8. The molecule has 1 heterocycles. The maximum absolute atomic E-state index is 11.8. The Morgan fingerprint density at radius 2 is 2.18 bits per heavy atom. The fraction of sp³-hybridized carbons (Fsp3) is 0.923. The van der Waals surface area contributed by atoms with Crippen LogP contribution >= 0.6 is 0 Å². The lowest BCUT2D eigenvalue weighted by atomic mass is 9.63. The molecule has 4 nitrogen and oxygen atoms in total. The molecule has 0 aromatic heterocycles. The zero-order valence-electron chi connectivity index (χ0n) is 11.1. The highest BCUT2D eigenvalue weighted by Crippen LogP contribution is 2.51. The lowest BCUT2D eigenvalue weighted by Crippen LogP contribution is -2.59. The van der Waals surface area contributed by atoms with Crippen molar-refractivity contribution in [3.63, 3.8) is 0 Å². The topological polar surface area (TPSA) is 44.8 Å². The maximum atomic E-state index is 11.8. The molecule has 1 saturated carbocycles. The van der Waals surface area contributed by atoms with E-state index in [1.54, 1.807) is 0 Å². The Kier molecular flexibility index (Phi) is 3.31. The van der Waals surface area contributed by atoms with Gasteiger partial charge in [0.05, 0.1) is 18.6 Å². The third kappa shape index (κ3) is 2.14. The SMILES string of the molecule is CCOCO[C@@]12CO[C@H](C(C)(C)C)[C@@H]1C(=O)C2. The van der Waals surface area contributed by atoms with Crippen LogP contribution in [0.3, 0.4) is 0 Å². The minimum atomic E-state index is -0.413. The number of rotatable bonds is 4. The van der Waals surface area contributed by atoms with Gasteiger partial charge in [0.15, 0.2) is 0 Å². The molecular weight excluding hydrogens is 220 g/mol. The number of ketones is 1. The second-order valence-electron chi connectivity index (χ2n) is 6.04. The summed E-state index contributed by atoms with van der Waals surface area (Å²) < 4.78 is 16.8. The molecule has 0 aromatic carbocycles. The van der Waals surface area contributed by atoms with Crippen LogP contribution in [0.4, 0.5) is 0 Å². The van der Waals surface area contributed by atoms with E-state index in [1.165, 1.54) is 0 Å². The highest BCUT2D eigenvalue weighted by atomic mass is 16.7. The number of carbonyl (C=O) groups excluding carboxylic acids is 1.